The van der Waals surface area contributed by atoms with E-state index in [-0.39, 0.29) is 0 Å². The van der Waals surface area contributed by atoms with E-state index in [9.17, 15) is 5.11 Å². The molecule has 2 nitrogen and oxygen atoms in total. The van der Waals surface area contributed by atoms with Crippen LogP contribution in [-0.4, -0.2) is 12.2 Å². The standard InChI is InChI=1S/C20H20O2/c1-20(21,18-12-14-19(22-2)15-13-18)16-8-4-7-11-17-9-5-3-6-10-17/h3-6,8-10,12-15,21H,16H2,1-2H3/b8-4-/t20-/m1/s1. The molecule has 0 fully saturated rings. The second-order valence-electron chi connectivity index (χ2n) is 5.24. The van der Waals surface area contributed by atoms with Gasteiger partial charge in [0.15, 0.2) is 0 Å². The summed E-state index contributed by atoms with van der Waals surface area (Å²) in [6, 6.07) is 17.3. The van der Waals surface area contributed by atoms with Crippen LogP contribution < -0.4 is 4.74 Å². The van der Waals surface area contributed by atoms with Crippen molar-refractivity contribution >= 4 is 0 Å². The molecule has 0 aliphatic carbocycles. The first-order valence-corrected chi connectivity index (χ1v) is 7.20. The first kappa shape index (κ1) is 15.9. The van der Waals surface area contributed by atoms with Crippen LogP contribution in [0.2, 0.25) is 0 Å². The van der Waals surface area contributed by atoms with Crippen LogP contribution in [0.25, 0.3) is 0 Å². The first-order chi connectivity index (χ1) is 10.6. The molecule has 112 valence electrons. The van der Waals surface area contributed by atoms with Gasteiger partial charge in [-0.05, 0) is 49.2 Å². The minimum absolute atomic E-state index is 0.503. The molecule has 0 unspecified atom stereocenters. The average molecular weight is 292 g/mol. The fourth-order valence-corrected chi connectivity index (χ4v) is 2.06. The summed E-state index contributed by atoms with van der Waals surface area (Å²) >= 11 is 0. The van der Waals surface area contributed by atoms with E-state index in [0.29, 0.717) is 6.42 Å². The van der Waals surface area contributed by atoms with Crippen LogP contribution in [-0.2, 0) is 5.60 Å². The Bertz CT molecular complexity index is 671. The molecule has 0 aromatic heterocycles. The lowest BCUT2D eigenvalue weighted by atomic mass is 9.92. The van der Waals surface area contributed by atoms with Gasteiger partial charge >= 0.3 is 0 Å². The van der Waals surface area contributed by atoms with Gasteiger partial charge in [0.1, 0.15) is 5.75 Å². The lowest BCUT2D eigenvalue weighted by Crippen LogP contribution is -2.19. The molecule has 2 aromatic carbocycles. The maximum absolute atomic E-state index is 10.5. The van der Waals surface area contributed by atoms with E-state index < -0.39 is 5.60 Å². The Morgan fingerprint density at radius 2 is 1.77 bits per heavy atom. The third-order valence-electron chi connectivity index (χ3n) is 3.42. The molecular weight excluding hydrogens is 272 g/mol. The molecule has 0 bridgehead atoms. The number of methoxy groups -OCH3 is 1. The Balaban J connectivity index is 1.97. The fraction of sp³-hybridized carbons (Fsp3) is 0.200. The molecule has 2 aromatic rings. The second-order valence-corrected chi connectivity index (χ2v) is 5.24. The SMILES string of the molecule is COc1ccc([C@](C)(O)C/C=C\C#Cc2ccccc2)cc1. The van der Waals surface area contributed by atoms with E-state index in [1.165, 1.54) is 0 Å². The molecule has 0 aliphatic heterocycles. The van der Waals surface area contributed by atoms with Crippen molar-refractivity contribution in [2.45, 2.75) is 18.9 Å². The number of hydrogen-bond acceptors (Lipinski definition) is 2. The number of hydrogen-bond donors (Lipinski definition) is 1. The van der Waals surface area contributed by atoms with Crippen LogP contribution in [0, 0.1) is 11.8 Å². The van der Waals surface area contributed by atoms with E-state index in [2.05, 4.69) is 11.8 Å². The van der Waals surface area contributed by atoms with E-state index in [4.69, 9.17) is 4.74 Å². The molecule has 1 N–H and O–H groups in total. The topological polar surface area (TPSA) is 29.5 Å². The molecule has 22 heavy (non-hydrogen) atoms. The fourth-order valence-electron chi connectivity index (χ4n) is 2.06. The van der Waals surface area contributed by atoms with Gasteiger partial charge in [-0.3, -0.25) is 0 Å². The number of ether oxygens (including phenoxy) is 1. The summed E-state index contributed by atoms with van der Waals surface area (Å²) < 4.78 is 5.12. The van der Waals surface area contributed by atoms with Crippen molar-refractivity contribution in [3.8, 4) is 17.6 Å². The second kappa shape index (κ2) is 7.49. The van der Waals surface area contributed by atoms with Gasteiger partial charge in [-0.25, -0.2) is 0 Å². The van der Waals surface area contributed by atoms with Crippen LogP contribution in [0.1, 0.15) is 24.5 Å². The Kier molecular flexibility index (Phi) is 5.41. The molecule has 2 rings (SSSR count). The summed E-state index contributed by atoms with van der Waals surface area (Å²) in [5, 5.41) is 10.5. The number of allylic oxidation sites excluding steroid dienone is 1. The minimum Gasteiger partial charge on any atom is -0.497 e. The van der Waals surface area contributed by atoms with Crippen LogP contribution in [0.3, 0.4) is 0 Å². The predicted molar refractivity (Wildman–Crippen MR) is 89.6 cm³/mol. The summed E-state index contributed by atoms with van der Waals surface area (Å²) in [5.41, 5.74) is 0.917. The summed E-state index contributed by atoms with van der Waals surface area (Å²) in [6.45, 7) is 1.80. The summed E-state index contributed by atoms with van der Waals surface area (Å²) in [7, 11) is 1.63. The highest BCUT2D eigenvalue weighted by Gasteiger charge is 2.21. The zero-order chi connectivity index (χ0) is 15.8. The Morgan fingerprint density at radius 3 is 2.41 bits per heavy atom. The molecule has 1 atom stereocenters. The van der Waals surface area contributed by atoms with Gasteiger partial charge in [0, 0.05) is 5.56 Å². The lowest BCUT2D eigenvalue weighted by molar-refractivity contribution is 0.0605. The van der Waals surface area contributed by atoms with Crippen molar-refractivity contribution in [1.29, 1.82) is 0 Å². The molecule has 0 radical (unpaired) electrons. The van der Waals surface area contributed by atoms with Gasteiger partial charge in [0.05, 0.1) is 12.7 Å². The van der Waals surface area contributed by atoms with Crippen LogP contribution in [0.4, 0.5) is 0 Å². The quantitative estimate of drug-likeness (QED) is 0.866. The Labute approximate surface area is 132 Å². The van der Waals surface area contributed by atoms with Gasteiger partial charge in [-0.2, -0.15) is 0 Å². The molecule has 0 saturated heterocycles. The number of rotatable bonds is 4. The van der Waals surface area contributed by atoms with Crippen molar-refractivity contribution in [2.24, 2.45) is 0 Å². The zero-order valence-corrected chi connectivity index (χ0v) is 12.9. The normalized spacial score (nSPS) is 13.2. The summed E-state index contributed by atoms with van der Waals surface area (Å²) in [4.78, 5) is 0. The molecule has 0 aliphatic rings. The molecule has 2 heteroatoms. The van der Waals surface area contributed by atoms with E-state index in [1.54, 1.807) is 20.1 Å². The van der Waals surface area contributed by atoms with Crippen molar-refractivity contribution in [1.82, 2.24) is 0 Å². The van der Waals surface area contributed by atoms with Crippen molar-refractivity contribution < 1.29 is 9.84 Å². The van der Waals surface area contributed by atoms with Gasteiger partial charge in [-0.1, -0.05) is 48.2 Å². The van der Waals surface area contributed by atoms with Gasteiger partial charge < -0.3 is 9.84 Å². The molecule has 0 saturated carbocycles. The van der Waals surface area contributed by atoms with Crippen LogP contribution in [0.15, 0.2) is 66.7 Å². The van der Waals surface area contributed by atoms with Crippen molar-refractivity contribution in [2.75, 3.05) is 7.11 Å². The van der Waals surface area contributed by atoms with Crippen LogP contribution >= 0.6 is 0 Å². The molecular formula is C20H20O2. The molecule has 0 amide bonds. The largest absolute Gasteiger partial charge is 0.497 e. The smallest absolute Gasteiger partial charge is 0.118 e. The van der Waals surface area contributed by atoms with Crippen molar-refractivity contribution in [3.63, 3.8) is 0 Å². The highest BCUT2D eigenvalue weighted by atomic mass is 16.5. The van der Waals surface area contributed by atoms with Crippen LogP contribution in [0.5, 0.6) is 5.75 Å². The third kappa shape index (κ3) is 4.51. The maximum Gasteiger partial charge on any atom is 0.118 e. The lowest BCUT2D eigenvalue weighted by Gasteiger charge is -2.22. The highest BCUT2D eigenvalue weighted by molar-refractivity contribution is 5.36. The molecule has 0 spiro atoms. The highest BCUT2D eigenvalue weighted by Crippen LogP contribution is 2.26. The van der Waals surface area contributed by atoms with E-state index >= 15 is 0 Å². The predicted octanol–water partition coefficient (Wildman–Crippen LogP) is 3.90. The number of aliphatic hydroxyl groups is 1. The van der Waals surface area contributed by atoms with Gasteiger partial charge in [-0.15, -0.1) is 0 Å². The first-order valence-electron chi connectivity index (χ1n) is 7.20. The zero-order valence-electron chi connectivity index (χ0n) is 12.9. The average Bonchev–Trinajstić information content (AvgIpc) is 2.55. The van der Waals surface area contributed by atoms with Gasteiger partial charge in [0.25, 0.3) is 0 Å². The summed E-state index contributed by atoms with van der Waals surface area (Å²) in [5.74, 6) is 6.81. The van der Waals surface area contributed by atoms with E-state index in [1.807, 2.05) is 60.7 Å². The van der Waals surface area contributed by atoms with E-state index in [0.717, 1.165) is 16.9 Å². The minimum atomic E-state index is -0.919. The van der Waals surface area contributed by atoms with Gasteiger partial charge in [0.2, 0.25) is 0 Å². The summed E-state index contributed by atoms with van der Waals surface area (Å²) in [6.07, 6.45) is 4.17. The molecule has 0 heterocycles. The third-order valence-corrected chi connectivity index (χ3v) is 3.42. The maximum atomic E-state index is 10.5. The monoisotopic (exact) mass is 292 g/mol. The Hall–Kier alpha value is -2.50. The Morgan fingerprint density at radius 1 is 1.09 bits per heavy atom. The number of benzene rings is 2. The van der Waals surface area contributed by atoms with Crippen molar-refractivity contribution in [3.05, 3.63) is 77.9 Å².